The molecule has 1 unspecified atom stereocenters. The highest BCUT2D eigenvalue weighted by Gasteiger charge is 2.29. The van der Waals surface area contributed by atoms with Gasteiger partial charge in [-0.05, 0) is 0 Å². The molecule has 6 heteroatoms. The molecule has 80 valence electrons. The van der Waals surface area contributed by atoms with Crippen molar-refractivity contribution in [1.82, 2.24) is 0 Å². The number of non-ortho nitro benzene ring substituents is 1. The van der Waals surface area contributed by atoms with E-state index in [0.717, 1.165) is 22.0 Å². The molecule has 2 N–H and O–H groups in total. The Balaban J connectivity index is 2.09. The normalized spacial score (nSPS) is 20.8. The van der Waals surface area contributed by atoms with Crippen molar-refractivity contribution in [2.24, 2.45) is 4.99 Å². The van der Waals surface area contributed by atoms with Gasteiger partial charge in [-0.15, -0.1) is 0 Å². The zero-order valence-corrected chi connectivity index (χ0v) is 8.30. The summed E-state index contributed by atoms with van der Waals surface area (Å²) in [6.07, 6.45) is 3.60. The van der Waals surface area contributed by atoms with E-state index in [2.05, 4.69) is 10.3 Å². The highest BCUT2D eigenvalue weighted by atomic mass is 16.6. The number of fused-ring (bicyclic) bond motifs is 3. The zero-order valence-electron chi connectivity index (χ0n) is 8.30. The largest absolute Gasteiger partial charge is 0.371 e. The van der Waals surface area contributed by atoms with Crippen LogP contribution in [0.2, 0.25) is 0 Å². The number of quaternary nitrogens is 1. The van der Waals surface area contributed by atoms with E-state index >= 15 is 0 Å². The number of benzene rings is 1. The number of nitro groups is 1. The van der Waals surface area contributed by atoms with Gasteiger partial charge in [-0.1, -0.05) is 0 Å². The maximum atomic E-state index is 10.6. The van der Waals surface area contributed by atoms with E-state index in [1.54, 1.807) is 18.5 Å². The first kappa shape index (κ1) is 9.05. The summed E-state index contributed by atoms with van der Waals surface area (Å²) in [7, 11) is 0. The Morgan fingerprint density at radius 2 is 2.38 bits per heavy atom. The molecule has 2 aliphatic heterocycles. The summed E-state index contributed by atoms with van der Waals surface area (Å²) >= 11 is 0. The Morgan fingerprint density at radius 3 is 3.19 bits per heavy atom. The standard InChI is InChI=1S/C10H8N4O2/c15-14(16)7-1-2-10-9(3-7)12-5-8-4-11-6-13(8)10/h1-4,6,12H,5H2/p+1. The number of hydrogen-bond acceptors (Lipinski definition) is 4. The van der Waals surface area contributed by atoms with Crippen LogP contribution in [0.15, 0.2) is 35.1 Å². The molecule has 0 spiro atoms. The van der Waals surface area contributed by atoms with Crippen molar-refractivity contribution in [3.8, 4) is 0 Å². The summed E-state index contributed by atoms with van der Waals surface area (Å²) in [6, 6.07) is 4.84. The van der Waals surface area contributed by atoms with Gasteiger partial charge < -0.3 is 5.32 Å². The van der Waals surface area contributed by atoms with Crippen molar-refractivity contribution in [2.45, 2.75) is 0 Å². The molecule has 0 amide bonds. The van der Waals surface area contributed by atoms with E-state index in [9.17, 15) is 10.1 Å². The number of nitro benzene ring substituents is 1. The first-order valence-corrected chi connectivity index (χ1v) is 4.88. The van der Waals surface area contributed by atoms with Crippen LogP contribution in [0.4, 0.5) is 17.1 Å². The van der Waals surface area contributed by atoms with E-state index in [1.807, 2.05) is 6.20 Å². The Hall–Kier alpha value is -2.21. The Bertz CT molecular complexity index is 536. The van der Waals surface area contributed by atoms with Gasteiger partial charge in [-0.3, -0.25) is 10.1 Å². The first-order chi connectivity index (χ1) is 7.75. The molecule has 0 fully saturated rings. The first-order valence-electron chi connectivity index (χ1n) is 4.88. The lowest BCUT2D eigenvalue weighted by Crippen LogP contribution is -3.04. The van der Waals surface area contributed by atoms with Gasteiger partial charge >= 0.3 is 0 Å². The van der Waals surface area contributed by atoms with Gasteiger partial charge in [0.05, 0.1) is 17.7 Å². The molecule has 6 nitrogen and oxygen atoms in total. The molecule has 1 atom stereocenters. The van der Waals surface area contributed by atoms with E-state index in [-0.39, 0.29) is 10.6 Å². The lowest BCUT2D eigenvalue weighted by Gasteiger charge is -2.22. The number of nitrogens with one attached hydrogen (secondary N) is 2. The predicted octanol–water partition coefficient (Wildman–Crippen LogP) is 0.420. The van der Waals surface area contributed by atoms with Crippen molar-refractivity contribution in [3.63, 3.8) is 0 Å². The molecule has 0 saturated carbocycles. The fourth-order valence-electron chi connectivity index (χ4n) is 1.95. The second kappa shape index (κ2) is 3.14. The van der Waals surface area contributed by atoms with Gasteiger partial charge in [0.15, 0.2) is 17.7 Å². The maximum Gasteiger partial charge on any atom is 0.271 e. The van der Waals surface area contributed by atoms with E-state index in [4.69, 9.17) is 0 Å². The molecule has 3 rings (SSSR count). The van der Waals surface area contributed by atoms with Crippen LogP contribution in [0, 0.1) is 10.1 Å². The lowest BCUT2D eigenvalue weighted by atomic mass is 10.1. The Morgan fingerprint density at radius 1 is 1.50 bits per heavy atom. The smallest absolute Gasteiger partial charge is 0.271 e. The lowest BCUT2D eigenvalue weighted by molar-refractivity contribution is -0.673. The number of hydrogen-bond donors (Lipinski definition) is 2. The second-order valence-corrected chi connectivity index (χ2v) is 3.69. The highest BCUT2D eigenvalue weighted by Crippen LogP contribution is 2.27. The van der Waals surface area contributed by atoms with Crippen molar-refractivity contribution in [1.29, 1.82) is 0 Å². The van der Waals surface area contributed by atoms with E-state index in [1.165, 1.54) is 6.07 Å². The summed E-state index contributed by atoms with van der Waals surface area (Å²) in [5.41, 5.74) is 3.01. The van der Waals surface area contributed by atoms with Gasteiger partial charge in [-0.25, -0.2) is 9.89 Å². The summed E-state index contributed by atoms with van der Waals surface area (Å²) in [5.74, 6) is 0. The Kier molecular flexibility index (Phi) is 1.78. The SMILES string of the molecule is O=[N+]([O-])c1ccc2c(c1)NCC1=CN=C[NH+]12. The molecule has 0 radical (unpaired) electrons. The molecule has 0 saturated heterocycles. The van der Waals surface area contributed by atoms with Crippen molar-refractivity contribution in [3.05, 3.63) is 40.2 Å². The minimum absolute atomic E-state index is 0.106. The van der Waals surface area contributed by atoms with E-state index in [0.29, 0.717) is 6.54 Å². The molecule has 16 heavy (non-hydrogen) atoms. The van der Waals surface area contributed by atoms with Crippen LogP contribution in [0.5, 0.6) is 0 Å². The third-order valence-corrected chi connectivity index (χ3v) is 2.75. The molecular weight excluding hydrogens is 208 g/mol. The zero-order chi connectivity index (χ0) is 11.1. The quantitative estimate of drug-likeness (QED) is 0.529. The summed E-state index contributed by atoms with van der Waals surface area (Å²) in [5, 5.41) is 13.8. The average molecular weight is 217 g/mol. The fraction of sp³-hybridized carbons (Fsp3) is 0.100. The van der Waals surface area contributed by atoms with Crippen molar-refractivity contribution >= 4 is 23.4 Å². The van der Waals surface area contributed by atoms with Crippen molar-refractivity contribution < 1.29 is 9.82 Å². The van der Waals surface area contributed by atoms with Crippen LogP contribution in [0.1, 0.15) is 0 Å². The topological polar surface area (TPSA) is 72.0 Å². The molecule has 1 aromatic carbocycles. The van der Waals surface area contributed by atoms with Crippen molar-refractivity contribution in [2.75, 3.05) is 11.9 Å². The van der Waals surface area contributed by atoms with Gasteiger partial charge in [0.1, 0.15) is 5.69 Å². The molecule has 1 aromatic rings. The summed E-state index contributed by atoms with van der Waals surface area (Å²) in [6.45, 7) is 0.670. The van der Waals surface area contributed by atoms with Crippen LogP contribution in [-0.2, 0) is 0 Å². The maximum absolute atomic E-state index is 10.6. The van der Waals surface area contributed by atoms with Gasteiger partial charge in [0.25, 0.3) is 5.69 Å². The van der Waals surface area contributed by atoms with Gasteiger partial charge in [0, 0.05) is 18.2 Å². The van der Waals surface area contributed by atoms with Crippen LogP contribution in [-0.4, -0.2) is 17.8 Å². The molecule has 2 heterocycles. The number of rotatable bonds is 1. The average Bonchev–Trinajstić information content (AvgIpc) is 2.76. The molecular formula is C10H9N4O2+. The second-order valence-electron chi connectivity index (χ2n) is 3.69. The number of anilines is 1. The third kappa shape index (κ3) is 1.20. The van der Waals surface area contributed by atoms with Gasteiger partial charge in [-0.2, -0.15) is 0 Å². The summed E-state index contributed by atoms with van der Waals surface area (Å²) in [4.78, 5) is 15.4. The third-order valence-electron chi connectivity index (χ3n) is 2.75. The minimum atomic E-state index is -0.388. The van der Waals surface area contributed by atoms with Crippen LogP contribution in [0.3, 0.4) is 0 Å². The fourth-order valence-corrected chi connectivity index (χ4v) is 1.95. The predicted molar refractivity (Wildman–Crippen MR) is 58.8 cm³/mol. The number of nitrogens with zero attached hydrogens (tertiary/aromatic N) is 2. The summed E-state index contributed by atoms with van der Waals surface area (Å²) < 4.78 is 0. The monoisotopic (exact) mass is 217 g/mol. The Labute approximate surface area is 91.0 Å². The van der Waals surface area contributed by atoms with Crippen LogP contribution < -0.4 is 10.2 Å². The highest BCUT2D eigenvalue weighted by molar-refractivity contribution is 5.72. The molecule has 0 aliphatic carbocycles. The minimum Gasteiger partial charge on any atom is -0.371 e. The van der Waals surface area contributed by atoms with E-state index < -0.39 is 0 Å². The van der Waals surface area contributed by atoms with Crippen LogP contribution in [0.25, 0.3) is 0 Å². The van der Waals surface area contributed by atoms with Gasteiger partial charge in [0.2, 0.25) is 0 Å². The molecule has 2 aliphatic rings. The molecule has 0 aromatic heterocycles. The molecule has 0 bridgehead atoms. The van der Waals surface area contributed by atoms with Crippen LogP contribution >= 0.6 is 0 Å². The number of aliphatic imine (C=N–C) groups is 1.